The monoisotopic (exact) mass is 424 g/mol. The van der Waals surface area contributed by atoms with Crippen LogP contribution in [-0.4, -0.2) is 29.8 Å². The van der Waals surface area contributed by atoms with Gasteiger partial charge in [-0.25, -0.2) is 0 Å². The highest BCUT2D eigenvalue weighted by molar-refractivity contribution is 6.05. The summed E-state index contributed by atoms with van der Waals surface area (Å²) in [5.74, 6) is 0.527. The van der Waals surface area contributed by atoms with Crippen molar-refractivity contribution in [2.75, 3.05) is 18.4 Å². The predicted molar refractivity (Wildman–Crippen MR) is 119 cm³/mol. The Hall–Kier alpha value is -3.26. The maximum Gasteiger partial charge on any atom is 0.269 e. The number of carbonyl (C=O) groups excluding carboxylic acids is 2. The molecular formula is C23H28N4O4. The molecule has 1 aliphatic carbocycles. The number of hydrogen-bond acceptors (Lipinski definition) is 5. The van der Waals surface area contributed by atoms with Gasteiger partial charge in [-0.1, -0.05) is 24.6 Å². The molecule has 0 saturated heterocycles. The van der Waals surface area contributed by atoms with E-state index in [2.05, 4.69) is 10.6 Å². The fraction of sp³-hybridized carbons (Fsp3) is 0.391. The lowest BCUT2D eigenvalue weighted by Gasteiger charge is -2.28. The van der Waals surface area contributed by atoms with Crippen LogP contribution in [0.25, 0.3) is 0 Å². The van der Waals surface area contributed by atoms with Crippen molar-refractivity contribution in [3.05, 3.63) is 69.8 Å². The van der Waals surface area contributed by atoms with Crippen LogP contribution in [0.15, 0.2) is 48.5 Å². The Bertz CT molecular complexity index is 929. The smallest absolute Gasteiger partial charge is 0.269 e. The molecule has 1 saturated carbocycles. The number of hydrogen-bond donors (Lipinski definition) is 3. The van der Waals surface area contributed by atoms with E-state index in [1.54, 1.807) is 18.2 Å². The van der Waals surface area contributed by atoms with E-state index in [1.165, 1.54) is 30.7 Å². The molecule has 1 aliphatic rings. The van der Waals surface area contributed by atoms with Crippen molar-refractivity contribution in [3.8, 4) is 0 Å². The highest BCUT2D eigenvalue weighted by Crippen LogP contribution is 2.27. The lowest BCUT2D eigenvalue weighted by Crippen LogP contribution is -2.34. The summed E-state index contributed by atoms with van der Waals surface area (Å²) in [7, 11) is 0. The van der Waals surface area contributed by atoms with Crippen LogP contribution in [0.5, 0.6) is 0 Å². The molecule has 0 bridgehead atoms. The van der Waals surface area contributed by atoms with Crippen molar-refractivity contribution in [3.63, 3.8) is 0 Å². The molecular weight excluding hydrogens is 396 g/mol. The van der Waals surface area contributed by atoms with E-state index < -0.39 is 10.8 Å². The van der Waals surface area contributed by atoms with Crippen LogP contribution >= 0.6 is 0 Å². The summed E-state index contributed by atoms with van der Waals surface area (Å²) in [4.78, 5) is 35.3. The molecule has 0 spiro atoms. The van der Waals surface area contributed by atoms with Gasteiger partial charge >= 0.3 is 0 Å². The van der Waals surface area contributed by atoms with Gasteiger partial charge in [0, 0.05) is 29.9 Å². The van der Waals surface area contributed by atoms with Crippen molar-refractivity contribution in [2.45, 2.75) is 32.1 Å². The van der Waals surface area contributed by atoms with E-state index in [0.29, 0.717) is 41.7 Å². The second kappa shape index (κ2) is 10.7. The summed E-state index contributed by atoms with van der Waals surface area (Å²) >= 11 is 0. The van der Waals surface area contributed by atoms with Gasteiger partial charge in [-0.05, 0) is 61.4 Å². The normalized spacial score (nSPS) is 18.2. The van der Waals surface area contributed by atoms with Crippen LogP contribution in [0.3, 0.4) is 0 Å². The third kappa shape index (κ3) is 6.36. The third-order valence-electron chi connectivity index (χ3n) is 5.77. The maximum atomic E-state index is 12.5. The SMILES string of the molecule is NCC1CCCC(CNC(=O)Cc2ccccc2NC(=O)c2ccc([N+](=O)[O-])cc2)C1. The molecule has 8 heteroatoms. The van der Waals surface area contributed by atoms with Gasteiger partial charge in [0.15, 0.2) is 0 Å². The number of nitro benzene ring substituents is 1. The van der Waals surface area contributed by atoms with Gasteiger partial charge in [0.25, 0.3) is 11.6 Å². The lowest BCUT2D eigenvalue weighted by atomic mass is 9.81. The van der Waals surface area contributed by atoms with Gasteiger partial charge in [-0.3, -0.25) is 19.7 Å². The fourth-order valence-electron chi connectivity index (χ4n) is 4.02. The molecule has 164 valence electrons. The van der Waals surface area contributed by atoms with Crippen LogP contribution in [0.1, 0.15) is 41.6 Å². The summed E-state index contributed by atoms with van der Waals surface area (Å²) < 4.78 is 0. The van der Waals surface area contributed by atoms with Gasteiger partial charge in [-0.2, -0.15) is 0 Å². The molecule has 2 amide bonds. The van der Waals surface area contributed by atoms with E-state index in [0.717, 1.165) is 19.3 Å². The van der Waals surface area contributed by atoms with Crippen molar-refractivity contribution >= 4 is 23.2 Å². The number of nitrogens with zero attached hydrogens (tertiary/aromatic N) is 1. The van der Waals surface area contributed by atoms with Crippen LogP contribution in [0.2, 0.25) is 0 Å². The average molecular weight is 425 g/mol. The third-order valence-corrected chi connectivity index (χ3v) is 5.77. The van der Waals surface area contributed by atoms with E-state index >= 15 is 0 Å². The molecule has 31 heavy (non-hydrogen) atoms. The maximum absolute atomic E-state index is 12.5. The zero-order valence-corrected chi connectivity index (χ0v) is 17.4. The number of nitrogens with two attached hydrogens (primary N) is 1. The Kier molecular flexibility index (Phi) is 7.72. The minimum atomic E-state index is -0.515. The first-order valence-electron chi connectivity index (χ1n) is 10.6. The first-order chi connectivity index (χ1) is 15.0. The van der Waals surface area contributed by atoms with Gasteiger partial charge < -0.3 is 16.4 Å². The summed E-state index contributed by atoms with van der Waals surface area (Å²) in [5, 5.41) is 16.6. The second-order valence-electron chi connectivity index (χ2n) is 8.03. The largest absolute Gasteiger partial charge is 0.356 e. The lowest BCUT2D eigenvalue weighted by molar-refractivity contribution is -0.384. The zero-order chi connectivity index (χ0) is 22.2. The fourth-order valence-corrected chi connectivity index (χ4v) is 4.02. The van der Waals surface area contributed by atoms with Crippen LogP contribution in [-0.2, 0) is 11.2 Å². The molecule has 0 radical (unpaired) electrons. The summed E-state index contributed by atoms with van der Waals surface area (Å²) in [5.41, 5.74) is 7.26. The molecule has 2 atom stereocenters. The van der Waals surface area contributed by atoms with Crippen LogP contribution in [0.4, 0.5) is 11.4 Å². The number of rotatable bonds is 8. The number of amides is 2. The molecule has 2 aromatic carbocycles. The number of anilines is 1. The number of benzene rings is 2. The molecule has 4 N–H and O–H groups in total. The minimum Gasteiger partial charge on any atom is -0.356 e. The molecule has 0 heterocycles. The number of nitro groups is 1. The molecule has 2 unspecified atom stereocenters. The van der Waals surface area contributed by atoms with E-state index in [-0.39, 0.29) is 18.0 Å². The summed E-state index contributed by atoms with van der Waals surface area (Å²) in [6.45, 7) is 1.35. The van der Waals surface area contributed by atoms with Gasteiger partial charge in [0.2, 0.25) is 5.91 Å². The Morgan fingerprint density at radius 1 is 1.06 bits per heavy atom. The second-order valence-corrected chi connectivity index (χ2v) is 8.03. The van der Waals surface area contributed by atoms with Crippen LogP contribution in [0, 0.1) is 22.0 Å². The molecule has 0 aromatic heterocycles. The first-order valence-corrected chi connectivity index (χ1v) is 10.6. The highest BCUT2D eigenvalue weighted by Gasteiger charge is 2.21. The van der Waals surface area contributed by atoms with Gasteiger partial charge in [0.05, 0.1) is 11.3 Å². The van der Waals surface area contributed by atoms with Crippen molar-refractivity contribution in [2.24, 2.45) is 17.6 Å². The number of para-hydroxylation sites is 1. The average Bonchev–Trinajstić information content (AvgIpc) is 2.79. The van der Waals surface area contributed by atoms with Crippen LogP contribution < -0.4 is 16.4 Å². The quantitative estimate of drug-likeness (QED) is 0.443. The number of carbonyl (C=O) groups is 2. The Balaban J connectivity index is 1.57. The topological polar surface area (TPSA) is 127 Å². The Morgan fingerprint density at radius 3 is 2.48 bits per heavy atom. The first kappa shape index (κ1) is 22.4. The van der Waals surface area contributed by atoms with E-state index in [1.807, 2.05) is 6.07 Å². The highest BCUT2D eigenvalue weighted by atomic mass is 16.6. The predicted octanol–water partition coefficient (Wildman–Crippen LogP) is 3.27. The number of nitrogens with one attached hydrogen (secondary N) is 2. The zero-order valence-electron chi connectivity index (χ0n) is 17.4. The van der Waals surface area contributed by atoms with Crippen molar-refractivity contribution in [1.29, 1.82) is 0 Å². The molecule has 2 aromatic rings. The van der Waals surface area contributed by atoms with Gasteiger partial charge in [-0.15, -0.1) is 0 Å². The molecule has 3 rings (SSSR count). The van der Waals surface area contributed by atoms with E-state index in [4.69, 9.17) is 5.73 Å². The minimum absolute atomic E-state index is 0.0793. The molecule has 0 aliphatic heterocycles. The van der Waals surface area contributed by atoms with Crippen molar-refractivity contribution < 1.29 is 14.5 Å². The molecule has 8 nitrogen and oxygen atoms in total. The standard InChI is InChI=1S/C23H28N4O4/c24-14-16-4-3-5-17(12-16)15-25-22(28)13-19-6-1-2-7-21(19)26-23(29)18-8-10-20(11-9-18)27(30)31/h1-2,6-11,16-17H,3-5,12-15,24H2,(H,25,28)(H,26,29). The van der Waals surface area contributed by atoms with E-state index in [9.17, 15) is 19.7 Å². The summed E-state index contributed by atoms with van der Waals surface area (Å²) in [6.07, 6.45) is 4.64. The molecule has 1 fully saturated rings. The Morgan fingerprint density at radius 2 is 1.77 bits per heavy atom. The number of non-ortho nitro benzene ring substituents is 1. The van der Waals surface area contributed by atoms with Gasteiger partial charge in [0.1, 0.15) is 0 Å². The Labute approximate surface area is 181 Å². The van der Waals surface area contributed by atoms with Crippen molar-refractivity contribution in [1.82, 2.24) is 5.32 Å². The summed E-state index contributed by atoms with van der Waals surface area (Å²) in [6, 6.07) is 12.5.